The Labute approximate surface area is 144 Å². The molecule has 0 bridgehead atoms. The minimum Gasteiger partial charge on any atom is -0.314 e. The Morgan fingerprint density at radius 1 is 1.17 bits per heavy atom. The molecule has 2 aromatic rings. The zero-order chi connectivity index (χ0) is 17.2. The second-order valence-corrected chi connectivity index (χ2v) is 7.95. The monoisotopic (exact) mass is 344 g/mol. The van der Waals surface area contributed by atoms with Crippen LogP contribution in [-0.2, 0) is 22.9 Å². The highest BCUT2D eigenvalue weighted by atomic mass is 32.2. The van der Waals surface area contributed by atoms with Crippen LogP contribution in [0.4, 0.5) is 0 Å². The number of primary sulfonamides is 1. The molecule has 0 amide bonds. The van der Waals surface area contributed by atoms with Crippen molar-refractivity contribution in [2.24, 2.45) is 5.14 Å². The van der Waals surface area contributed by atoms with Crippen LogP contribution in [0.5, 0.6) is 0 Å². The Bertz CT molecular complexity index is 831. The van der Waals surface area contributed by atoms with E-state index in [2.05, 4.69) is 24.4 Å². The molecule has 1 atom stereocenters. The number of nitrogens with two attached hydrogens (primary N) is 1. The third-order valence-corrected chi connectivity index (χ3v) is 5.59. The minimum absolute atomic E-state index is 0.184. The Kier molecular flexibility index (Phi) is 5.04. The normalized spacial score (nSPS) is 17.5. The van der Waals surface area contributed by atoms with Crippen LogP contribution in [-0.4, -0.2) is 21.0 Å². The lowest BCUT2D eigenvalue weighted by Crippen LogP contribution is -2.34. The van der Waals surface area contributed by atoms with Crippen LogP contribution in [0, 0.1) is 0 Å². The maximum absolute atomic E-state index is 11.8. The fourth-order valence-electron chi connectivity index (χ4n) is 3.40. The second kappa shape index (κ2) is 7.05. The van der Waals surface area contributed by atoms with Gasteiger partial charge in [0.25, 0.3) is 0 Å². The summed E-state index contributed by atoms with van der Waals surface area (Å²) >= 11 is 0. The van der Waals surface area contributed by atoms with Crippen molar-refractivity contribution < 1.29 is 8.42 Å². The van der Waals surface area contributed by atoms with Gasteiger partial charge in [0.1, 0.15) is 0 Å². The number of rotatable bonds is 5. The molecule has 0 spiro atoms. The van der Waals surface area contributed by atoms with E-state index in [1.807, 2.05) is 18.2 Å². The summed E-state index contributed by atoms with van der Waals surface area (Å²) in [6.07, 6.45) is 4.31. The highest BCUT2D eigenvalue weighted by Crippen LogP contribution is 2.31. The van der Waals surface area contributed by atoms with Crippen molar-refractivity contribution in [2.75, 3.05) is 6.54 Å². The molecule has 0 saturated carbocycles. The van der Waals surface area contributed by atoms with Crippen LogP contribution in [0.15, 0.2) is 47.4 Å². The first-order valence-electron chi connectivity index (χ1n) is 8.46. The van der Waals surface area contributed by atoms with E-state index in [-0.39, 0.29) is 4.90 Å². The molecule has 5 heteroatoms. The highest BCUT2D eigenvalue weighted by molar-refractivity contribution is 7.89. The number of fused-ring (bicyclic) bond motifs is 1. The number of sulfonamides is 1. The van der Waals surface area contributed by atoms with E-state index in [1.54, 1.807) is 12.1 Å². The Morgan fingerprint density at radius 3 is 2.71 bits per heavy atom. The van der Waals surface area contributed by atoms with Crippen molar-refractivity contribution in [1.29, 1.82) is 0 Å². The number of benzene rings is 2. The van der Waals surface area contributed by atoms with E-state index in [4.69, 9.17) is 5.14 Å². The maximum Gasteiger partial charge on any atom is 0.238 e. The van der Waals surface area contributed by atoms with Crippen molar-refractivity contribution in [1.82, 2.24) is 5.32 Å². The van der Waals surface area contributed by atoms with Crippen LogP contribution < -0.4 is 10.5 Å². The molecule has 128 valence electrons. The van der Waals surface area contributed by atoms with Gasteiger partial charge >= 0.3 is 0 Å². The van der Waals surface area contributed by atoms with Crippen LogP contribution >= 0.6 is 0 Å². The van der Waals surface area contributed by atoms with Gasteiger partial charge in [0.05, 0.1) is 4.90 Å². The molecule has 0 fully saturated rings. The van der Waals surface area contributed by atoms with Crippen LogP contribution in [0.3, 0.4) is 0 Å². The molecule has 1 aliphatic carbocycles. The minimum atomic E-state index is -3.73. The number of hydrogen-bond acceptors (Lipinski definition) is 3. The summed E-state index contributed by atoms with van der Waals surface area (Å²) in [7, 11) is -3.73. The van der Waals surface area contributed by atoms with Crippen molar-refractivity contribution in [3.8, 4) is 11.1 Å². The second-order valence-electron chi connectivity index (χ2n) is 6.42. The molecular weight excluding hydrogens is 320 g/mol. The van der Waals surface area contributed by atoms with E-state index >= 15 is 0 Å². The van der Waals surface area contributed by atoms with E-state index in [1.165, 1.54) is 11.1 Å². The molecule has 2 aromatic carbocycles. The third-order valence-electron chi connectivity index (χ3n) is 4.62. The van der Waals surface area contributed by atoms with Crippen molar-refractivity contribution in [3.05, 3.63) is 53.6 Å². The topological polar surface area (TPSA) is 72.2 Å². The average molecular weight is 344 g/mol. The summed E-state index contributed by atoms with van der Waals surface area (Å²) in [5.41, 5.74) is 4.25. The first-order valence-corrected chi connectivity index (χ1v) is 10.0. The van der Waals surface area contributed by atoms with E-state index in [9.17, 15) is 8.42 Å². The highest BCUT2D eigenvalue weighted by Gasteiger charge is 2.20. The summed E-state index contributed by atoms with van der Waals surface area (Å²) in [6.45, 7) is 3.23. The fraction of sp³-hybridized carbons (Fsp3) is 0.368. The largest absolute Gasteiger partial charge is 0.314 e. The molecule has 0 heterocycles. The Balaban J connectivity index is 1.92. The maximum atomic E-state index is 11.8. The summed E-state index contributed by atoms with van der Waals surface area (Å²) in [5.74, 6) is 0. The zero-order valence-corrected chi connectivity index (χ0v) is 14.8. The van der Waals surface area contributed by atoms with Crippen molar-refractivity contribution in [2.45, 2.75) is 43.5 Å². The molecule has 0 radical (unpaired) electrons. The smallest absolute Gasteiger partial charge is 0.238 e. The summed E-state index contributed by atoms with van der Waals surface area (Å²) in [5, 5.41) is 8.95. The first kappa shape index (κ1) is 17.1. The lowest BCUT2D eigenvalue weighted by atomic mass is 9.86. The van der Waals surface area contributed by atoms with Crippen LogP contribution in [0.1, 0.15) is 30.9 Å². The van der Waals surface area contributed by atoms with Crippen LogP contribution in [0.2, 0.25) is 0 Å². The van der Waals surface area contributed by atoms with Gasteiger partial charge in [0, 0.05) is 11.6 Å². The van der Waals surface area contributed by atoms with Gasteiger partial charge in [-0.15, -0.1) is 0 Å². The predicted octanol–water partition coefficient (Wildman–Crippen LogP) is 2.86. The number of hydrogen-bond donors (Lipinski definition) is 2. The van der Waals surface area contributed by atoms with Crippen LogP contribution in [0.25, 0.3) is 11.1 Å². The number of nitrogens with one attached hydrogen (secondary N) is 1. The lowest BCUT2D eigenvalue weighted by Gasteiger charge is -2.26. The van der Waals surface area contributed by atoms with Gasteiger partial charge in [0.15, 0.2) is 0 Å². The van der Waals surface area contributed by atoms with Crippen molar-refractivity contribution >= 4 is 10.0 Å². The van der Waals surface area contributed by atoms with Gasteiger partial charge < -0.3 is 5.32 Å². The van der Waals surface area contributed by atoms with E-state index in [0.29, 0.717) is 11.6 Å². The average Bonchev–Trinajstić information content (AvgIpc) is 2.58. The van der Waals surface area contributed by atoms with E-state index in [0.717, 1.165) is 37.8 Å². The van der Waals surface area contributed by atoms with Gasteiger partial charge in [-0.3, -0.25) is 0 Å². The number of aryl methyl sites for hydroxylation is 1. The zero-order valence-electron chi connectivity index (χ0n) is 14.0. The SMILES string of the molecule is CCCN[C@@H]1CCc2cc(-c3ccccc3S(N)(=O)=O)ccc2C1. The van der Waals surface area contributed by atoms with Gasteiger partial charge in [-0.2, -0.15) is 0 Å². The molecule has 24 heavy (non-hydrogen) atoms. The standard InChI is InChI=1S/C19H24N2O2S/c1-2-11-21-17-10-9-14-12-16(8-7-15(14)13-17)18-5-3-4-6-19(18)24(20,22)23/h3-8,12,17,21H,2,9-11,13H2,1H3,(H2,20,22,23)/t17-/m1/s1. The van der Waals surface area contributed by atoms with Gasteiger partial charge in [0.2, 0.25) is 10.0 Å². The van der Waals surface area contributed by atoms with Gasteiger partial charge in [-0.25, -0.2) is 13.6 Å². The molecule has 3 rings (SSSR count). The molecule has 0 unspecified atom stereocenters. The summed E-state index contributed by atoms with van der Waals surface area (Å²) < 4.78 is 23.7. The molecule has 0 saturated heterocycles. The first-order chi connectivity index (χ1) is 11.5. The summed E-state index contributed by atoms with van der Waals surface area (Å²) in [6, 6.07) is 13.7. The molecule has 0 aromatic heterocycles. The molecular formula is C19H24N2O2S. The third kappa shape index (κ3) is 3.69. The molecule has 4 nitrogen and oxygen atoms in total. The Morgan fingerprint density at radius 2 is 1.96 bits per heavy atom. The molecule has 3 N–H and O–H groups in total. The fourth-order valence-corrected chi connectivity index (χ4v) is 4.16. The van der Waals surface area contributed by atoms with Gasteiger partial charge in [-0.05, 0) is 55.0 Å². The molecule has 0 aliphatic heterocycles. The Hall–Kier alpha value is -1.69. The summed E-state index contributed by atoms with van der Waals surface area (Å²) in [4.78, 5) is 0.184. The van der Waals surface area contributed by atoms with Crippen molar-refractivity contribution in [3.63, 3.8) is 0 Å². The lowest BCUT2D eigenvalue weighted by molar-refractivity contribution is 0.459. The van der Waals surface area contributed by atoms with Gasteiger partial charge in [-0.1, -0.05) is 43.3 Å². The quantitative estimate of drug-likeness (QED) is 0.876. The van der Waals surface area contributed by atoms with E-state index < -0.39 is 10.0 Å². The molecule has 1 aliphatic rings. The predicted molar refractivity (Wildman–Crippen MR) is 97.4 cm³/mol.